The molecule has 0 aliphatic rings. The maximum Gasteiger partial charge on any atom is 0.122 e. The van der Waals surface area contributed by atoms with Gasteiger partial charge in [0, 0.05) is 6.07 Å². The Morgan fingerprint density at radius 2 is 0.962 bits per heavy atom. The molecule has 0 saturated carbocycles. The third-order valence-electron chi connectivity index (χ3n) is 5.03. The number of hydrogen-bond donors (Lipinski definition) is 2. The third-order valence-corrected chi connectivity index (χ3v) is 5.03. The molecule has 26 heavy (non-hydrogen) atoms. The molecule has 0 unspecified atom stereocenters. The highest BCUT2D eigenvalue weighted by Gasteiger charge is 2.12. The summed E-state index contributed by atoms with van der Waals surface area (Å²) >= 11 is 0. The van der Waals surface area contributed by atoms with Gasteiger partial charge in [-0.3, -0.25) is 0 Å². The monoisotopic (exact) mass is 362 g/mol. The second-order valence-corrected chi connectivity index (χ2v) is 10.4. The Bertz CT molecular complexity index is 487. The van der Waals surface area contributed by atoms with Crippen molar-refractivity contribution in [2.24, 2.45) is 10.8 Å². The largest absolute Gasteiger partial charge is 0.508 e. The molecule has 2 nitrogen and oxygen atoms in total. The van der Waals surface area contributed by atoms with Crippen molar-refractivity contribution in [1.29, 1.82) is 0 Å². The van der Waals surface area contributed by atoms with Gasteiger partial charge in [-0.05, 0) is 66.5 Å². The summed E-state index contributed by atoms with van der Waals surface area (Å²) in [5.74, 6) is 0.490. The molecule has 0 aliphatic heterocycles. The summed E-state index contributed by atoms with van der Waals surface area (Å²) in [6, 6.07) is 3.56. The Labute approximate surface area is 162 Å². The minimum atomic E-state index is 0.245. The van der Waals surface area contributed by atoms with Gasteiger partial charge in [0.05, 0.1) is 0 Å². The van der Waals surface area contributed by atoms with E-state index in [1.807, 2.05) is 6.07 Å². The Kier molecular flexibility index (Phi) is 9.00. The lowest BCUT2D eigenvalue weighted by atomic mass is 9.89. The zero-order chi connectivity index (χ0) is 19.8. The average molecular weight is 363 g/mol. The molecule has 0 atom stereocenters. The lowest BCUT2D eigenvalue weighted by molar-refractivity contribution is 0.357. The molecule has 2 N–H and O–H groups in total. The molecule has 0 aromatic heterocycles. The molecule has 0 bridgehead atoms. The summed E-state index contributed by atoms with van der Waals surface area (Å²) in [4.78, 5) is 0. The maximum absolute atomic E-state index is 10.1. The zero-order valence-corrected chi connectivity index (χ0v) is 18.1. The summed E-state index contributed by atoms with van der Waals surface area (Å²) in [7, 11) is 0. The summed E-state index contributed by atoms with van der Waals surface area (Å²) in [6.07, 6.45) is 11.3. The van der Waals surface area contributed by atoms with Crippen molar-refractivity contribution >= 4 is 0 Å². The van der Waals surface area contributed by atoms with Crippen LogP contribution >= 0.6 is 0 Å². The summed E-state index contributed by atoms with van der Waals surface area (Å²) in [6.45, 7) is 13.7. The molecule has 0 heterocycles. The van der Waals surface area contributed by atoms with Crippen LogP contribution < -0.4 is 0 Å². The zero-order valence-electron chi connectivity index (χ0n) is 18.1. The molecule has 150 valence electrons. The van der Waals surface area contributed by atoms with Gasteiger partial charge in [-0.1, -0.05) is 67.2 Å². The van der Waals surface area contributed by atoms with E-state index in [9.17, 15) is 10.2 Å². The van der Waals surface area contributed by atoms with Crippen LogP contribution in [0.1, 0.15) is 104 Å². The average Bonchev–Trinajstić information content (AvgIpc) is 2.47. The van der Waals surface area contributed by atoms with Crippen molar-refractivity contribution in [2.45, 2.75) is 106 Å². The number of phenols is 2. The Balaban J connectivity index is 2.44. The highest BCUT2D eigenvalue weighted by molar-refractivity contribution is 5.45. The van der Waals surface area contributed by atoms with Crippen LogP contribution in [0.4, 0.5) is 0 Å². The van der Waals surface area contributed by atoms with Crippen LogP contribution in [0.2, 0.25) is 0 Å². The van der Waals surface area contributed by atoms with Crippen LogP contribution in [0.5, 0.6) is 11.5 Å². The number of phenolic OH excluding ortho intramolecular Hbond substituents is 2. The van der Waals surface area contributed by atoms with Gasteiger partial charge >= 0.3 is 0 Å². The molecule has 1 aromatic carbocycles. The standard InChI is InChI=1S/C24H42O2/c1-23(2,3)15-11-7-9-13-19-17-20(22(26)18-21(19)25)14-10-8-12-16-24(4,5)6/h17-18,25-26H,7-16H2,1-6H3. The predicted molar refractivity (Wildman–Crippen MR) is 113 cm³/mol. The first-order chi connectivity index (χ1) is 12.0. The van der Waals surface area contributed by atoms with E-state index in [-0.39, 0.29) is 11.5 Å². The van der Waals surface area contributed by atoms with Crippen LogP contribution in [-0.2, 0) is 12.8 Å². The van der Waals surface area contributed by atoms with Crippen molar-refractivity contribution in [1.82, 2.24) is 0 Å². The van der Waals surface area contributed by atoms with Crippen molar-refractivity contribution < 1.29 is 10.2 Å². The minimum Gasteiger partial charge on any atom is -0.508 e. The van der Waals surface area contributed by atoms with Gasteiger partial charge in [-0.15, -0.1) is 0 Å². The van der Waals surface area contributed by atoms with Crippen LogP contribution in [0.15, 0.2) is 12.1 Å². The van der Waals surface area contributed by atoms with E-state index in [4.69, 9.17) is 0 Å². The van der Waals surface area contributed by atoms with Crippen LogP contribution in [0.25, 0.3) is 0 Å². The predicted octanol–water partition coefficient (Wildman–Crippen LogP) is 7.40. The number of aryl methyl sites for hydroxylation is 2. The number of rotatable bonds is 10. The summed E-state index contributed by atoms with van der Waals surface area (Å²) < 4.78 is 0. The van der Waals surface area contributed by atoms with Crippen molar-refractivity contribution in [3.8, 4) is 11.5 Å². The molecule has 0 aliphatic carbocycles. The molecule has 0 spiro atoms. The molecular weight excluding hydrogens is 320 g/mol. The van der Waals surface area contributed by atoms with Crippen molar-refractivity contribution in [3.63, 3.8) is 0 Å². The van der Waals surface area contributed by atoms with Crippen molar-refractivity contribution in [2.75, 3.05) is 0 Å². The van der Waals surface area contributed by atoms with Crippen LogP contribution in [0.3, 0.4) is 0 Å². The number of benzene rings is 1. The SMILES string of the molecule is CC(C)(C)CCCCCc1cc(CCCCCC(C)(C)C)c(O)cc1O. The fourth-order valence-electron chi connectivity index (χ4n) is 3.37. The molecular formula is C24H42O2. The Morgan fingerprint density at radius 1 is 0.577 bits per heavy atom. The molecule has 1 rings (SSSR count). The quantitative estimate of drug-likeness (QED) is 0.426. The van der Waals surface area contributed by atoms with E-state index in [0.29, 0.717) is 10.8 Å². The van der Waals surface area contributed by atoms with Gasteiger partial charge in [-0.2, -0.15) is 0 Å². The Hall–Kier alpha value is -1.18. The lowest BCUT2D eigenvalue weighted by Gasteiger charge is -2.17. The maximum atomic E-state index is 10.1. The Morgan fingerprint density at radius 3 is 1.31 bits per heavy atom. The molecule has 2 heteroatoms. The van der Waals surface area contributed by atoms with Gasteiger partial charge in [0.1, 0.15) is 11.5 Å². The number of aromatic hydroxyl groups is 2. The highest BCUT2D eigenvalue weighted by Crippen LogP contribution is 2.31. The highest BCUT2D eigenvalue weighted by atomic mass is 16.3. The van der Waals surface area contributed by atoms with E-state index in [1.165, 1.54) is 44.6 Å². The van der Waals surface area contributed by atoms with Gasteiger partial charge in [0.15, 0.2) is 0 Å². The smallest absolute Gasteiger partial charge is 0.122 e. The fraction of sp³-hybridized carbons (Fsp3) is 0.750. The van der Waals surface area contributed by atoms with Gasteiger partial charge in [0.25, 0.3) is 0 Å². The second kappa shape index (κ2) is 10.2. The molecule has 0 saturated heterocycles. The summed E-state index contributed by atoms with van der Waals surface area (Å²) in [5.41, 5.74) is 2.79. The fourth-order valence-corrected chi connectivity index (χ4v) is 3.37. The minimum absolute atomic E-state index is 0.245. The van der Waals surface area contributed by atoms with Crippen LogP contribution in [-0.4, -0.2) is 10.2 Å². The van der Waals surface area contributed by atoms with E-state index in [0.717, 1.165) is 36.8 Å². The van der Waals surface area contributed by atoms with Gasteiger partial charge < -0.3 is 10.2 Å². The van der Waals surface area contributed by atoms with Gasteiger partial charge in [0.2, 0.25) is 0 Å². The first-order valence-electron chi connectivity index (χ1n) is 10.5. The first-order valence-corrected chi connectivity index (χ1v) is 10.5. The van der Waals surface area contributed by atoms with E-state index in [1.54, 1.807) is 0 Å². The molecule has 0 amide bonds. The van der Waals surface area contributed by atoms with E-state index >= 15 is 0 Å². The molecule has 0 radical (unpaired) electrons. The normalized spacial score (nSPS) is 12.5. The third kappa shape index (κ3) is 10.1. The second-order valence-electron chi connectivity index (χ2n) is 10.4. The summed E-state index contributed by atoms with van der Waals surface area (Å²) in [5, 5.41) is 20.3. The van der Waals surface area contributed by atoms with E-state index < -0.39 is 0 Å². The molecule has 1 aromatic rings. The van der Waals surface area contributed by atoms with Gasteiger partial charge in [-0.25, -0.2) is 0 Å². The lowest BCUT2D eigenvalue weighted by Crippen LogP contribution is -2.04. The van der Waals surface area contributed by atoms with E-state index in [2.05, 4.69) is 41.5 Å². The van der Waals surface area contributed by atoms with Crippen LogP contribution in [0, 0.1) is 10.8 Å². The topological polar surface area (TPSA) is 40.5 Å². The first kappa shape index (κ1) is 22.9. The number of unbranched alkanes of at least 4 members (excludes halogenated alkanes) is 4. The molecule has 0 fully saturated rings. The van der Waals surface area contributed by atoms with Crippen molar-refractivity contribution in [3.05, 3.63) is 23.3 Å². The number of hydrogen-bond acceptors (Lipinski definition) is 2.